The summed E-state index contributed by atoms with van der Waals surface area (Å²) in [7, 11) is 0. The molecule has 124 valence electrons. The van der Waals surface area contributed by atoms with Crippen LogP contribution >= 0.6 is 0 Å². The lowest BCUT2D eigenvalue weighted by Crippen LogP contribution is -2.24. The van der Waals surface area contributed by atoms with Crippen molar-refractivity contribution < 1.29 is 9.13 Å². The standard InChI is InChI=1S/C18H13FN4O2/c19-13-3-5-15(6-4-13)22-9-7-17-21-14(11-23(17)18(22)24)12-25-16-2-1-8-20-10-16/h1-11H,12H2. The minimum absolute atomic E-state index is 0.226. The Morgan fingerprint density at radius 2 is 1.96 bits per heavy atom. The first-order chi connectivity index (χ1) is 12.2. The van der Waals surface area contributed by atoms with Crippen molar-refractivity contribution in [2.24, 2.45) is 0 Å². The van der Waals surface area contributed by atoms with E-state index in [1.54, 1.807) is 55.1 Å². The van der Waals surface area contributed by atoms with Gasteiger partial charge in [0, 0.05) is 18.6 Å². The SMILES string of the molecule is O=c1n(-c2ccc(F)cc2)ccc2nc(COc3cccnc3)cn12. The van der Waals surface area contributed by atoms with Gasteiger partial charge in [-0.25, -0.2) is 14.2 Å². The molecule has 3 aromatic heterocycles. The molecule has 0 radical (unpaired) electrons. The summed E-state index contributed by atoms with van der Waals surface area (Å²) in [5.74, 6) is 0.277. The van der Waals surface area contributed by atoms with E-state index in [-0.39, 0.29) is 18.1 Å². The lowest BCUT2D eigenvalue weighted by atomic mass is 10.3. The van der Waals surface area contributed by atoms with Crippen molar-refractivity contribution in [1.29, 1.82) is 0 Å². The number of rotatable bonds is 4. The van der Waals surface area contributed by atoms with Crippen LogP contribution in [0.15, 0.2) is 72.0 Å². The molecule has 0 saturated carbocycles. The molecule has 3 heterocycles. The number of nitrogens with zero attached hydrogens (tertiary/aromatic N) is 4. The summed E-state index contributed by atoms with van der Waals surface area (Å²) < 4.78 is 21.5. The third-order valence-electron chi connectivity index (χ3n) is 3.69. The highest BCUT2D eigenvalue weighted by Gasteiger charge is 2.08. The Morgan fingerprint density at radius 3 is 2.72 bits per heavy atom. The second-order valence-corrected chi connectivity index (χ2v) is 5.38. The van der Waals surface area contributed by atoms with Gasteiger partial charge in [0.2, 0.25) is 0 Å². The minimum Gasteiger partial charge on any atom is -0.486 e. The third kappa shape index (κ3) is 2.99. The van der Waals surface area contributed by atoms with Gasteiger partial charge in [0.05, 0.1) is 17.6 Å². The summed E-state index contributed by atoms with van der Waals surface area (Å²) in [6.45, 7) is 0.226. The van der Waals surface area contributed by atoms with Gasteiger partial charge in [-0.05, 0) is 42.5 Å². The largest absolute Gasteiger partial charge is 0.486 e. The number of benzene rings is 1. The molecule has 0 aliphatic rings. The molecule has 0 amide bonds. The van der Waals surface area contributed by atoms with Gasteiger partial charge in [0.25, 0.3) is 0 Å². The number of ether oxygens (including phenoxy) is 1. The van der Waals surface area contributed by atoms with Crippen LogP contribution in [0.2, 0.25) is 0 Å². The molecule has 0 bridgehead atoms. The summed E-state index contributed by atoms with van der Waals surface area (Å²) in [5, 5.41) is 0. The van der Waals surface area contributed by atoms with E-state index in [0.717, 1.165) is 0 Å². The molecular weight excluding hydrogens is 323 g/mol. The van der Waals surface area contributed by atoms with E-state index < -0.39 is 0 Å². The molecule has 0 aliphatic carbocycles. The van der Waals surface area contributed by atoms with E-state index in [4.69, 9.17) is 4.74 Å². The molecule has 1 aromatic carbocycles. The number of aromatic nitrogens is 4. The topological polar surface area (TPSA) is 61.4 Å². The molecule has 4 rings (SSSR count). The summed E-state index contributed by atoms with van der Waals surface area (Å²) in [4.78, 5) is 21.0. The Kier molecular flexibility index (Phi) is 3.74. The van der Waals surface area contributed by atoms with Crippen LogP contribution in [-0.2, 0) is 6.61 Å². The monoisotopic (exact) mass is 336 g/mol. The first-order valence-corrected chi connectivity index (χ1v) is 7.59. The van der Waals surface area contributed by atoms with Crippen molar-refractivity contribution in [2.75, 3.05) is 0 Å². The molecule has 0 saturated heterocycles. The number of halogens is 1. The Balaban J connectivity index is 1.65. The Morgan fingerprint density at radius 1 is 1.12 bits per heavy atom. The van der Waals surface area contributed by atoms with Crippen LogP contribution in [0.1, 0.15) is 5.69 Å². The summed E-state index contributed by atoms with van der Waals surface area (Å²) >= 11 is 0. The highest BCUT2D eigenvalue weighted by molar-refractivity contribution is 5.41. The Hall–Kier alpha value is -3.48. The predicted octanol–water partition coefficient (Wildman–Crippen LogP) is 2.60. The molecular formula is C18H13FN4O2. The fourth-order valence-corrected chi connectivity index (χ4v) is 2.49. The fraction of sp³-hybridized carbons (Fsp3) is 0.0556. The van der Waals surface area contributed by atoms with E-state index in [1.165, 1.54) is 21.1 Å². The van der Waals surface area contributed by atoms with E-state index in [0.29, 0.717) is 22.8 Å². The lowest BCUT2D eigenvalue weighted by molar-refractivity contribution is 0.301. The van der Waals surface area contributed by atoms with Gasteiger partial charge in [-0.3, -0.25) is 14.0 Å². The van der Waals surface area contributed by atoms with Crippen molar-refractivity contribution in [3.63, 3.8) is 0 Å². The molecule has 7 heteroatoms. The first-order valence-electron chi connectivity index (χ1n) is 7.59. The quantitative estimate of drug-likeness (QED) is 0.575. The van der Waals surface area contributed by atoms with Crippen molar-refractivity contribution >= 4 is 5.65 Å². The average Bonchev–Trinajstić information content (AvgIpc) is 3.06. The minimum atomic E-state index is -0.352. The van der Waals surface area contributed by atoms with Gasteiger partial charge >= 0.3 is 5.69 Å². The summed E-state index contributed by atoms with van der Waals surface area (Å²) in [5.41, 5.74) is 1.44. The second-order valence-electron chi connectivity index (χ2n) is 5.38. The number of fused-ring (bicyclic) bond motifs is 1. The molecule has 0 unspecified atom stereocenters. The van der Waals surface area contributed by atoms with Crippen LogP contribution in [0.5, 0.6) is 5.75 Å². The van der Waals surface area contributed by atoms with Crippen LogP contribution in [0.25, 0.3) is 11.3 Å². The first kappa shape index (κ1) is 15.1. The van der Waals surface area contributed by atoms with Crippen molar-refractivity contribution in [2.45, 2.75) is 6.61 Å². The zero-order valence-electron chi connectivity index (χ0n) is 13.0. The molecule has 0 fully saturated rings. The van der Waals surface area contributed by atoms with Gasteiger partial charge in [-0.15, -0.1) is 0 Å². The van der Waals surface area contributed by atoms with Crippen LogP contribution < -0.4 is 10.4 Å². The summed E-state index contributed by atoms with van der Waals surface area (Å²) in [6.07, 6.45) is 6.52. The van der Waals surface area contributed by atoms with Gasteiger partial charge in [0.1, 0.15) is 23.8 Å². The van der Waals surface area contributed by atoms with E-state index in [1.807, 2.05) is 0 Å². The predicted molar refractivity (Wildman–Crippen MR) is 89.3 cm³/mol. The fourth-order valence-electron chi connectivity index (χ4n) is 2.49. The lowest BCUT2D eigenvalue weighted by Gasteiger charge is -2.05. The second kappa shape index (κ2) is 6.20. The molecule has 4 aromatic rings. The van der Waals surface area contributed by atoms with Crippen molar-refractivity contribution in [1.82, 2.24) is 18.9 Å². The van der Waals surface area contributed by atoms with Crippen LogP contribution in [0.3, 0.4) is 0 Å². The molecule has 0 aliphatic heterocycles. The summed E-state index contributed by atoms with van der Waals surface area (Å²) in [6, 6.07) is 11.0. The smallest absolute Gasteiger partial charge is 0.338 e. The highest BCUT2D eigenvalue weighted by atomic mass is 19.1. The van der Waals surface area contributed by atoms with E-state index in [2.05, 4.69) is 9.97 Å². The Labute approximate surface area is 141 Å². The number of imidazole rings is 1. The van der Waals surface area contributed by atoms with Crippen LogP contribution in [-0.4, -0.2) is 18.9 Å². The van der Waals surface area contributed by atoms with Crippen LogP contribution in [0.4, 0.5) is 4.39 Å². The van der Waals surface area contributed by atoms with Gasteiger partial charge in [-0.1, -0.05) is 0 Å². The maximum Gasteiger partial charge on any atom is 0.338 e. The number of hydrogen-bond donors (Lipinski definition) is 0. The Bertz CT molecular complexity index is 1070. The van der Waals surface area contributed by atoms with Gasteiger partial charge < -0.3 is 4.74 Å². The molecule has 0 N–H and O–H groups in total. The molecule has 0 spiro atoms. The number of hydrogen-bond acceptors (Lipinski definition) is 4. The molecule has 25 heavy (non-hydrogen) atoms. The molecule has 6 nitrogen and oxygen atoms in total. The van der Waals surface area contributed by atoms with Crippen molar-refractivity contribution in [3.8, 4) is 11.4 Å². The van der Waals surface area contributed by atoms with Gasteiger partial charge in [-0.2, -0.15) is 0 Å². The normalized spacial score (nSPS) is 10.9. The number of pyridine rings is 1. The maximum absolute atomic E-state index is 13.1. The van der Waals surface area contributed by atoms with Crippen LogP contribution in [0, 0.1) is 5.82 Å². The van der Waals surface area contributed by atoms with Gasteiger partial charge in [0.15, 0.2) is 0 Å². The van der Waals surface area contributed by atoms with Crippen molar-refractivity contribution in [3.05, 3.63) is 89.2 Å². The average molecular weight is 336 g/mol. The molecule has 0 atom stereocenters. The highest BCUT2D eigenvalue weighted by Crippen LogP contribution is 2.11. The third-order valence-corrected chi connectivity index (χ3v) is 3.69. The van der Waals surface area contributed by atoms with E-state index >= 15 is 0 Å². The zero-order chi connectivity index (χ0) is 17.2. The zero-order valence-corrected chi connectivity index (χ0v) is 13.0. The van der Waals surface area contributed by atoms with E-state index in [9.17, 15) is 9.18 Å². The maximum atomic E-state index is 13.1.